The number of likely N-dealkylation sites (tertiary alicyclic amines) is 1. The number of ether oxygens (including phenoxy) is 1. The van der Waals surface area contributed by atoms with Crippen molar-refractivity contribution in [3.63, 3.8) is 0 Å². The molecule has 26 heavy (non-hydrogen) atoms. The van der Waals surface area contributed by atoms with Gasteiger partial charge in [0.1, 0.15) is 11.5 Å². The van der Waals surface area contributed by atoms with Gasteiger partial charge in [-0.1, -0.05) is 30.3 Å². The minimum Gasteiger partial charge on any atom is -0.457 e. The fraction of sp³-hybridized carbons (Fsp3) is 0.455. The van der Waals surface area contributed by atoms with E-state index in [-0.39, 0.29) is 0 Å². The summed E-state index contributed by atoms with van der Waals surface area (Å²) >= 11 is 0. The zero-order valence-electron chi connectivity index (χ0n) is 15.7. The van der Waals surface area contributed by atoms with Crippen LogP contribution in [0.1, 0.15) is 12.0 Å². The number of rotatable bonds is 5. The molecule has 0 radical (unpaired) electrons. The maximum absolute atomic E-state index is 5.98. The average molecular weight is 351 g/mol. The minimum atomic E-state index is 0.729. The predicted molar refractivity (Wildman–Crippen MR) is 106 cm³/mol. The number of likely N-dealkylation sites (N-methyl/N-ethyl adjacent to an activating group) is 1. The Hall–Kier alpha value is -1.88. The van der Waals surface area contributed by atoms with Crippen LogP contribution in [0.3, 0.4) is 0 Å². The molecule has 0 saturated carbocycles. The molecule has 2 saturated heterocycles. The predicted octanol–water partition coefficient (Wildman–Crippen LogP) is 3.30. The van der Waals surface area contributed by atoms with Gasteiger partial charge in [0.15, 0.2) is 0 Å². The summed E-state index contributed by atoms with van der Waals surface area (Å²) in [7, 11) is 2.22. The van der Waals surface area contributed by atoms with E-state index in [1.54, 1.807) is 0 Å². The molecule has 4 rings (SSSR count). The van der Waals surface area contributed by atoms with E-state index in [1.165, 1.54) is 51.3 Å². The van der Waals surface area contributed by atoms with Crippen molar-refractivity contribution in [2.24, 2.45) is 0 Å². The SMILES string of the molecule is CN1CCN(C2CCN(Cc3cccc(Oc4ccccc4)c3)C2)CC1. The fourth-order valence-corrected chi connectivity index (χ4v) is 4.03. The normalized spacial score (nSPS) is 22.6. The van der Waals surface area contributed by atoms with Crippen LogP contribution in [0.5, 0.6) is 11.5 Å². The molecule has 0 aromatic heterocycles. The minimum absolute atomic E-state index is 0.729. The molecule has 2 aliphatic heterocycles. The standard InChI is InChI=1S/C22H29N3O/c1-23-12-14-25(15-13-23)20-10-11-24(18-20)17-19-6-5-9-22(16-19)26-21-7-3-2-4-8-21/h2-9,16,20H,10-15,17-18H2,1H3. The quantitative estimate of drug-likeness (QED) is 0.823. The topological polar surface area (TPSA) is 19.0 Å². The maximum atomic E-state index is 5.98. The zero-order valence-corrected chi connectivity index (χ0v) is 15.7. The van der Waals surface area contributed by atoms with Gasteiger partial charge in [0.25, 0.3) is 0 Å². The van der Waals surface area contributed by atoms with Gasteiger partial charge in [-0.15, -0.1) is 0 Å². The molecule has 0 bridgehead atoms. The van der Waals surface area contributed by atoms with Gasteiger partial charge in [-0.05, 0) is 43.3 Å². The first kappa shape index (κ1) is 17.5. The molecule has 0 amide bonds. The lowest BCUT2D eigenvalue weighted by molar-refractivity contribution is 0.112. The van der Waals surface area contributed by atoms with E-state index in [4.69, 9.17) is 4.74 Å². The van der Waals surface area contributed by atoms with E-state index in [9.17, 15) is 0 Å². The zero-order chi connectivity index (χ0) is 17.8. The number of hydrogen-bond donors (Lipinski definition) is 0. The van der Waals surface area contributed by atoms with Crippen molar-refractivity contribution in [3.8, 4) is 11.5 Å². The first-order valence-electron chi connectivity index (χ1n) is 9.73. The lowest BCUT2D eigenvalue weighted by Crippen LogP contribution is -2.49. The Morgan fingerprint density at radius 2 is 1.65 bits per heavy atom. The summed E-state index contributed by atoms with van der Waals surface area (Å²) in [6, 6.07) is 19.2. The number of piperazine rings is 1. The van der Waals surface area contributed by atoms with E-state index in [0.717, 1.165) is 24.1 Å². The molecular formula is C22H29N3O. The van der Waals surface area contributed by atoms with E-state index in [2.05, 4.69) is 39.9 Å². The van der Waals surface area contributed by atoms with Crippen LogP contribution in [-0.2, 0) is 6.54 Å². The molecule has 1 unspecified atom stereocenters. The van der Waals surface area contributed by atoms with E-state index < -0.39 is 0 Å². The number of hydrogen-bond acceptors (Lipinski definition) is 4. The summed E-state index contributed by atoms with van der Waals surface area (Å²) in [4.78, 5) is 7.71. The molecule has 1 atom stereocenters. The smallest absolute Gasteiger partial charge is 0.127 e. The van der Waals surface area contributed by atoms with Crippen LogP contribution in [0.25, 0.3) is 0 Å². The molecular weight excluding hydrogens is 322 g/mol. The largest absolute Gasteiger partial charge is 0.457 e. The molecule has 2 fully saturated rings. The Labute approximate surface area is 157 Å². The third-order valence-electron chi connectivity index (χ3n) is 5.59. The Balaban J connectivity index is 1.32. The number of para-hydroxylation sites is 1. The maximum Gasteiger partial charge on any atom is 0.127 e. The average Bonchev–Trinajstić information content (AvgIpc) is 3.12. The third kappa shape index (κ3) is 4.44. The van der Waals surface area contributed by atoms with Gasteiger partial charge in [-0.25, -0.2) is 0 Å². The molecule has 2 aromatic rings. The fourth-order valence-electron chi connectivity index (χ4n) is 4.03. The summed E-state index contributed by atoms with van der Waals surface area (Å²) in [6.45, 7) is 8.24. The van der Waals surface area contributed by atoms with Crippen LogP contribution in [-0.4, -0.2) is 67.1 Å². The molecule has 2 heterocycles. The van der Waals surface area contributed by atoms with Gasteiger partial charge in [0, 0.05) is 51.9 Å². The van der Waals surface area contributed by atoms with E-state index in [1.807, 2.05) is 36.4 Å². The van der Waals surface area contributed by atoms with Gasteiger partial charge in [0.05, 0.1) is 0 Å². The summed E-state index contributed by atoms with van der Waals surface area (Å²) in [5.41, 5.74) is 1.33. The molecule has 2 aliphatic rings. The Morgan fingerprint density at radius 3 is 2.46 bits per heavy atom. The molecule has 0 aliphatic carbocycles. The van der Waals surface area contributed by atoms with Crippen LogP contribution in [0, 0.1) is 0 Å². The van der Waals surface area contributed by atoms with Crippen molar-refractivity contribution >= 4 is 0 Å². The highest BCUT2D eigenvalue weighted by Gasteiger charge is 2.29. The highest BCUT2D eigenvalue weighted by molar-refractivity contribution is 5.33. The summed E-state index contributed by atoms with van der Waals surface area (Å²) in [5.74, 6) is 1.81. The van der Waals surface area contributed by atoms with Crippen LogP contribution in [0.15, 0.2) is 54.6 Å². The van der Waals surface area contributed by atoms with E-state index in [0.29, 0.717) is 0 Å². The second kappa shape index (κ2) is 8.21. The molecule has 0 spiro atoms. The Kier molecular flexibility index (Phi) is 5.54. The summed E-state index contributed by atoms with van der Waals surface area (Å²) in [5, 5.41) is 0. The highest BCUT2D eigenvalue weighted by atomic mass is 16.5. The van der Waals surface area contributed by atoms with Gasteiger partial charge in [0.2, 0.25) is 0 Å². The van der Waals surface area contributed by atoms with Crippen molar-refractivity contribution in [1.29, 1.82) is 0 Å². The first-order valence-corrected chi connectivity index (χ1v) is 9.73. The summed E-state index contributed by atoms with van der Waals surface area (Å²) in [6.07, 6.45) is 1.30. The van der Waals surface area contributed by atoms with Crippen LogP contribution < -0.4 is 4.74 Å². The number of benzene rings is 2. The highest BCUT2D eigenvalue weighted by Crippen LogP contribution is 2.24. The first-order chi connectivity index (χ1) is 12.8. The van der Waals surface area contributed by atoms with Crippen molar-refractivity contribution in [1.82, 2.24) is 14.7 Å². The third-order valence-corrected chi connectivity index (χ3v) is 5.59. The molecule has 138 valence electrons. The van der Waals surface area contributed by atoms with Crippen LogP contribution >= 0.6 is 0 Å². The lowest BCUT2D eigenvalue weighted by Gasteiger charge is -2.36. The van der Waals surface area contributed by atoms with Gasteiger partial charge in [-0.2, -0.15) is 0 Å². The van der Waals surface area contributed by atoms with Crippen LogP contribution in [0.4, 0.5) is 0 Å². The molecule has 4 heteroatoms. The van der Waals surface area contributed by atoms with Crippen molar-refractivity contribution in [3.05, 3.63) is 60.2 Å². The Bertz CT molecular complexity index is 698. The van der Waals surface area contributed by atoms with Crippen molar-refractivity contribution < 1.29 is 4.74 Å². The Morgan fingerprint density at radius 1 is 0.885 bits per heavy atom. The van der Waals surface area contributed by atoms with Gasteiger partial charge >= 0.3 is 0 Å². The van der Waals surface area contributed by atoms with Crippen molar-refractivity contribution in [2.75, 3.05) is 46.3 Å². The van der Waals surface area contributed by atoms with Gasteiger partial charge < -0.3 is 9.64 Å². The second-order valence-corrected chi connectivity index (χ2v) is 7.58. The van der Waals surface area contributed by atoms with Crippen LogP contribution in [0.2, 0.25) is 0 Å². The molecule has 0 N–H and O–H groups in total. The monoisotopic (exact) mass is 351 g/mol. The van der Waals surface area contributed by atoms with Crippen molar-refractivity contribution in [2.45, 2.75) is 19.0 Å². The number of nitrogens with zero attached hydrogens (tertiary/aromatic N) is 3. The summed E-state index contributed by atoms with van der Waals surface area (Å²) < 4.78 is 5.98. The molecule has 2 aromatic carbocycles. The molecule has 4 nitrogen and oxygen atoms in total. The lowest BCUT2D eigenvalue weighted by atomic mass is 10.2. The second-order valence-electron chi connectivity index (χ2n) is 7.58. The van der Waals surface area contributed by atoms with E-state index >= 15 is 0 Å². The van der Waals surface area contributed by atoms with Gasteiger partial charge in [-0.3, -0.25) is 9.80 Å².